The van der Waals surface area contributed by atoms with Crippen LogP contribution >= 0.6 is 0 Å². The van der Waals surface area contributed by atoms with Crippen LogP contribution in [0.1, 0.15) is 19.4 Å². The molecular weight excluding hydrogens is 258 g/mol. The Morgan fingerprint density at radius 2 is 1.80 bits per heavy atom. The number of benzene rings is 1. The number of aliphatic carboxylic acids is 1. The number of carbonyl (C=O) groups is 2. The van der Waals surface area contributed by atoms with Crippen LogP contribution in [0.5, 0.6) is 0 Å². The number of rotatable bonds is 7. The van der Waals surface area contributed by atoms with Gasteiger partial charge in [-0.1, -0.05) is 12.1 Å². The van der Waals surface area contributed by atoms with E-state index in [4.69, 9.17) is 16.6 Å². The van der Waals surface area contributed by atoms with Crippen LogP contribution < -0.4 is 11.5 Å². The number of hydrogen-bond donors (Lipinski definition) is 3. The summed E-state index contributed by atoms with van der Waals surface area (Å²) in [7, 11) is 0. The average molecular weight is 279 g/mol. The maximum atomic E-state index is 11.2. The molecule has 0 bridgehead atoms. The van der Waals surface area contributed by atoms with E-state index in [1.54, 1.807) is 30.9 Å². The molecule has 6 nitrogen and oxygen atoms in total. The lowest BCUT2D eigenvalue weighted by molar-refractivity contribution is -0.148. The van der Waals surface area contributed by atoms with Crippen molar-refractivity contribution in [2.24, 2.45) is 11.1 Å². The Kier molecular flexibility index (Phi) is 5.10. The molecule has 20 heavy (non-hydrogen) atoms. The fourth-order valence-corrected chi connectivity index (χ4v) is 1.90. The first kappa shape index (κ1) is 16.0. The predicted molar refractivity (Wildman–Crippen MR) is 76.7 cm³/mol. The van der Waals surface area contributed by atoms with Gasteiger partial charge >= 0.3 is 5.97 Å². The van der Waals surface area contributed by atoms with E-state index in [0.717, 1.165) is 5.56 Å². The van der Waals surface area contributed by atoms with Gasteiger partial charge in [0.2, 0.25) is 5.91 Å². The third-order valence-electron chi connectivity index (χ3n) is 2.96. The van der Waals surface area contributed by atoms with E-state index in [-0.39, 0.29) is 13.1 Å². The summed E-state index contributed by atoms with van der Waals surface area (Å²) in [6, 6.07) is 7.22. The Labute approximate surface area is 118 Å². The summed E-state index contributed by atoms with van der Waals surface area (Å²) >= 11 is 0. The third-order valence-corrected chi connectivity index (χ3v) is 2.96. The van der Waals surface area contributed by atoms with Crippen molar-refractivity contribution in [2.45, 2.75) is 20.4 Å². The lowest BCUT2D eigenvalue weighted by Gasteiger charge is -2.28. The van der Waals surface area contributed by atoms with Crippen molar-refractivity contribution in [3.8, 4) is 0 Å². The van der Waals surface area contributed by atoms with E-state index in [1.165, 1.54) is 0 Å². The molecule has 110 valence electrons. The minimum absolute atomic E-state index is 0.0150. The highest BCUT2D eigenvalue weighted by Gasteiger charge is 2.30. The summed E-state index contributed by atoms with van der Waals surface area (Å²) in [6.45, 7) is 3.93. The van der Waals surface area contributed by atoms with Gasteiger partial charge in [0, 0.05) is 18.8 Å². The Balaban J connectivity index is 2.81. The van der Waals surface area contributed by atoms with E-state index in [0.29, 0.717) is 12.2 Å². The van der Waals surface area contributed by atoms with Gasteiger partial charge in [-0.3, -0.25) is 14.5 Å². The molecule has 0 fully saturated rings. The number of amides is 1. The minimum Gasteiger partial charge on any atom is -0.481 e. The lowest BCUT2D eigenvalue weighted by atomic mass is 9.93. The largest absolute Gasteiger partial charge is 0.481 e. The summed E-state index contributed by atoms with van der Waals surface area (Å²) in [6.07, 6.45) is 0. The molecule has 0 aliphatic heterocycles. The van der Waals surface area contributed by atoms with Crippen LogP contribution in [0.3, 0.4) is 0 Å². The molecule has 1 aromatic carbocycles. The average Bonchev–Trinajstić information content (AvgIpc) is 2.30. The smallest absolute Gasteiger partial charge is 0.310 e. The molecule has 0 aliphatic rings. The predicted octanol–water partition coefficient (Wildman–Crippen LogP) is 0.667. The zero-order chi connectivity index (χ0) is 15.3. The molecule has 5 N–H and O–H groups in total. The van der Waals surface area contributed by atoms with Gasteiger partial charge in [-0.25, -0.2) is 0 Å². The molecule has 0 aromatic heterocycles. The van der Waals surface area contributed by atoms with E-state index < -0.39 is 17.3 Å². The second kappa shape index (κ2) is 6.38. The molecule has 0 radical (unpaired) electrons. The highest BCUT2D eigenvalue weighted by atomic mass is 16.4. The molecule has 0 spiro atoms. The van der Waals surface area contributed by atoms with Crippen LogP contribution in [0.2, 0.25) is 0 Å². The van der Waals surface area contributed by atoms with Gasteiger partial charge in [-0.15, -0.1) is 0 Å². The molecule has 0 unspecified atom stereocenters. The number of carboxylic acids is 1. The van der Waals surface area contributed by atoms with Crippen LogP contribution in [-0.4, -0.2) is 35.0 Å². The molecule has 1 aromatic rings. The number of hydrogen-bond acceptors (Lipinski definition) is 4. The van der Waals surface area contributed by atoms with Crippen molar-refractivity contribution < 1.29 is 14.7 Å². The summed E-state index contributed by atoms with van der Waals surface area (Å²) in [5, 5.41) is 9.17. The van der Waals surface area contributed by atoms with E-state index in [1.807, 2.05) is 12.1 Å². The summed E-state index contributed by atoms with van der Waals surface area (Å²) in [4.78, 5) is 24.0. The van der Waals surface area contributed by atoms with Gasteiger partial charge < -0.3 is 16.6 Å². The van der Waals surface area contributed by atoms with Crippen molar-refractivity contribution in [3.63, 3.8) is 0 Å². The first-order valence-electron chi connectivity index (χ1n) is 6.29. The Hall–Kier alpha value is -2.08. The molecule has 0 aliphatic carbocycles. The van der Waals surface area contributed by atoms with Crippen LogP contribution in [0.15, 0.2) is 24.3 Å². The van der Waals surface area contributed by atoms with Crippen molar-refractivity contribution in [1.82, 2.24) is 4.90 Å². The topological polar surface area (TPSA) is 110 Å². The Morgan fingerprint density at radius 3 is 2.25 bits per heavy atom. The number of carbonyl (C=O) groups excluding carboxylic acids is 1. The van der Waals surface area contributed by atoms with Gasteiger partial charge in [0.05, 0.1) is 12.0 Å². The third kappa shape index (κ3) is 4.89. The SMILES string of the molecule is CC(C)(CN(CC(N)=O)Cc1ccc(N)cc1)C(=O)O. The summed E-state index contributed by atoms with van der Waals surface area (Å²) in [5.41, 5.74) is 11.5. The van der Waals surface area contributed by atoms with E-state index in [9.17, 15) is 9.59 Å². The quantitative estimate of drug-likeness (QED) is 0.635. The highest BCUT2D eigenvalue weighted by Crippen LogP contribution is 2.19. The second-order valence-electron chi connectivity index (χ2n) is 5.54. The number of nitrogens with two attached hydrogens (primary N) is 2. The molecule has 1 rings (SSSR count). The molecule has 6 heteroatoms. The van der Waals surface area contributed by atoms with E-state index >= 15 is 0 Å². The summed E-state index contributed by atoms with van der Waals surface area (Å²) in [5.74, 6) is -1.40. The minimum atomic E-state index is -0.955. The van der Waals surface area contributed by atoms with Gasteiger partial charge in [0.1, 0.15) is 0 Å². The molecule has 0 atom stereocenters. The molecule has 0 heterocycles. The standard InChI is InChI=1S/C14H21N3O3/c1-14(2,13(19)20)9-17(8-12(16)18)7-10-3-5-11(15)6-4-10/h3-6H,7-9,15H2,1-2H3,(H2,16,18)(H,19,20). The molecule has 0 saturated heterocycles. The van der Waals surface area contributed by atoms with Gasteiger partial charge in [0.15, 0.2) is 0 Å². The van der Waals surface area contributed by atoms with Gasteiger partial charge in [0.25, 0.3) is 0 Å². The van der Waals surface area contributed by atoms with Crippen molar-refractivity contribution >= 4 is 17.6 Å². The number of primary amides is 1. The molecular formula is C14H21N3O3. The number of anilines is 1. The first-order valence-corrected chi connectivity index (χ1v) is 6.29. The normalized spacial score (nSPS) is 11.6. The van der Waals surface area contributed by atoms with Crippen LogP contribution in [0.25, 0.3) is 0 Å². The maximum absolute atomic E-state index is 11.2. The lowest BCUT2D eigenvalue weighted by Crippen LogP contribution is -2.42. The van der Waals surface area contributed by atoms with Gasteiger partial charge in [-0.2, -0.15) is 0 Å². The van der Waals surface area contributed by atoms with Crippen LogP contribution in [0, 0.1) is 5.41 Å². The number of nitrogen functional groups attached to an aromatic ring is 1. The monoisotopic (exact) mass is 279 g/mol. The zero-order valence-corrected chi connectivity index (χ0v) is 11.8. The first-order chi connectivity index (χ1) is 9.20. The Morgan fingerprint density at radius 1 is 1.25 bits per heavy atom. The molecule has 0 saturated carbocycles. The highest BCUT2D eigenvalue weighted by molar-refractivity contribution is 5.76. The van der Waals surface area contributed by atoms with Crippen LogP contribution in [0.4, 0.5) is 5.69 Å². The second-order valence-corrected chi connectivity index (χ2v) is 5.54. The Bertz CT molecular complexity index is 483. The zero-order valence-electron chi connectivity index (χ0n) is 11.8. The van der Waals surface area contributed by atoms with Gasteiger partial charge in [-0.05, 0) is 31.5 Å². The summed E-state index contributed by atoms with van der Waals surface area (Å²) < 4.78 is 0. The number of carboxylic acid groups (broad SMARTS) is 1. The van der Waals surface area contributed by atoms with Crippen LogP contribution in [-0.2, 0) is 16.1 Å². The van der Waals surface area contributed by atoms with Crippen molar-refractivity contribution in [1.29, 1.82) is 0 Å². The van der Waals surface area contributed by atoms with E-state index in [2.05, 4.69) is 0 Å². The maximum Gasteiger partial charge on any atom is 0.310 e. The van der Waals surface area contributed by atoms with Crippen molar-refractivity contribution in [2.75, 3.05) is 18.8 Å². The number of nitrogens with zero attached hydrogens (tertiary/aromatic N) is 1. The van der Waals surface area contributed by atoms with Crippen molar-refractivity contribution in [3.05, 3.63) is 29.8 Å². The fraction of sp³-hybridized carbons (Fsp3) is 0.429. The fourth-order valence-electron chi connectivity index (χ4n) is 1.90. The molecule has 1 amide bonds.